The number of rotatable bonds is 7. The quantitative estimate of drug-likeness (QED) is 0.318. The maximum absolute atomic E-state index is 12.7. The minimum atomic E-state index is -3.49. The number of hydrogen-bond acceptors (Lipinski definition) is 6. The van der Waals surface area contributed by atoms with Crippen molar-refractivity contribution >= 4 is 16.4 Å². The highest BCUT2D eigenvalue weighted by Gasteiger charge is 2.30. The lowest BCUT2D eigenvalue weighted by Gasteiger charge is -2.26. The van der Waals surface area contributed by atoms with E-state index in [-0.39, 0.29) is 4.90 Å². The predicted molar refractivity (Wildman–Crippen MR) is 103 cm³/mol. The summed E-state index contributed by atoms with van der Waals surface area (Å²) < 4.78 is 33.8. The normalized spacial score (nSPS) is 13.6. The number of hydroxylamine groups is 1. The van der Waals surface area contributed by atoms with Gasteiger partial charge in [-0.25, -0.2) is 18.9 Å². The van der Waals surface area contributed by atoms with Crippen molar-refractivity contribution in [1.29, 1.82) is 0 Å². The smallest absolute Gasteiger partial charge is 0.243 e. The molecule has 1 aliphatic heterocycles. The fraction of sp³-hybridized carbons (Fsp3) is 0.333. The number of carbonyl (C=O) groups is 1. The van der Waals surface area contributed by atoms with Gasteiger partial charge in [0.2, 0.25) is 16.4 Å². The lowest BCUT2D eigenvalue weighted by molar-refractivity contribution is -0.119. The summed E-state index contributed by atoms with van der Waals surface area (Å²) in [7, 11) is -0.00960. The molecule has 1 aromatic carbocycles. The van der Waals surface area contributed by atoms with Gasteiger partial charge in [0.15, 0.2) is 0 Å². The second kappa shape index (κ2) is 10.0. The monoisotopic (exact) mass is 408 g/mol. The van der Waals surface area contributed by atoms with Crippen molar-refractivity contribution in [3.05, 3.63) is 54.6 Å². The van der Waals surface area contributed by atoms with E-state index in [1.807, 2.05) is 17.1 Å². The number of nitrogens with zero attached hydrogens (tertiary/aromatic N) is 3. The van der Waals surface area contributed by atoms with E-state index in [4.69, 9.17) is 4.74 Å². The van der Waals surface area contributed by atoms with Gasteiger partial charge in [-0.1, -0.05) is 6.08 Å². The summed E-state index contributed by atoms with van der Waals surface area (Å²) in [5.74, 6) is 0.639. The molecule has 0 fully saturated rings. The highest BCUT2D eigenvalue weighted by Crippen LogP contribution is 2.25. The molecule has 3 rings (SSSR count). The van der Waals surface area contributed by atoms with Crippen molar-refractivity contribution in [3.63, 3.8) is 0 Å². The molecular formula is C18H24N4O5S. The average molecular weight is 408 g/mol. The fourth-order valence-corrected chi connectivity index (χ4v) is 4.08. The van der Waals surface area contributed by atoms with Gasteiger partial charge in [0.1, 0.15) is 5.75 Å². The zero-order valence-corrected chi connectivity index (χ0v) is 16.7. The highest BCUT2D eigenvalue weighted by atomic mass is 32.2. The van der Waals surface area contributed by atoms with E-state index >= 15 is 0 Å². The Labute approximate surface area is 164 Å². The molecule has 152 valence electrons. The minimum absolute atomic E-state index is 0.280. The molecule has 1 aliphatic rings. The molecule has 0 bridgehead atoms. The molecule has 2 aromatic rings. The van der Waals surface area contributed by atoms with Crippen LogP contribution in [0.2, 0.25) is 0 Å². The van der Waals surface area contributed by atoms with Crippen LogP contribution in [0, 0.1) is 0 Å². The molecule has 9 nitrogen and oxygen atoms in total. The molecule has 1 aromatic heterocycles. The van der Waals surface area contributed by atoms with E-state index in [0.29, 0.717) is 38.3 Å². The molecule has 10 heteroatoms. The van der Waals surface area contributed by atoms with E-state index in [9.17, 15) is 13.2 Å². The number of hydrogen-bond donors (Lipinski definition) is 1. The molecule has 0 unspecified atom stereocenters. The first-order valence-electron chi connectivity index (χ1n) is 8.49. The number of aromatic nitrogens is 2. The Bertz CT molecular complexity index is 885. The number of ether oxygens (including phenoxy) is 1. The molecule has 0 spiro atoms. The Kier molecular flexibility index (Phi) is 7.73. The summed E-state index contributed by atoms with van der Waals surface area (Å²) in [5, 5.41) is 0. The first-order chi connectivity index (χ1) is 13.4. The standard InChI is InChI=1S/C14H17N3O3S.C4H7NO2/c1-16-10-15-13-9-17(8-7-14(13)16)21(18,19)12-5-3-11(20-2)4-6-12;1-2-3-7-5-4-6/h3-6,10H,7-9H2,1-2H3;2,4H,1,3H2,(H,5,6). The summed E-state index contributed by atoms with van der Waals surface area (Å²) >= 11 is 0. The number of methoxy groups -OCH3 is 1. The van der Waals surface area contributed by atoms with Gasteiger partial charge < -0.3 is 9.30 Å². The van der Waals surface area contributed by atoms with Gasteiger partial charge in [0.05, 0.1) is 37.2 Å². The number of benzene rings is 1. The van der Waals surface area contributed by atoms with Gasteiger partial charge in [0, 0.05) is 25.7 Å². The van der Waals surface area contributed by atoms with Crippen molar-refractivity contribution in [1.82, 2.24) is 19.3 Å². The molecule has 0 saturated heterocycles. The molecule has 0 atom stereocenters. The third kappa shape index (κ3) is 5.18. The average Bonchev–Trinajstić information content (AvgIpc) is 3.09. The van der Waals surface area contributed by atoms with Gasteiger partial charge in [-0.15, -0.1) is 6.58 Å². The predicted octanol–water partition coefficient (Wildman–Crippen LogP) is 1.03. The van der Waals surface area contributed by atoms with Crippen molar-refractivity contribution in [2.75, 3.05) is 20.3 Å². The number of imidazole rings is 1. The van der Waals surface area contributed by atoms with E-state index in [0.717, 1.165) is 11.4 Å². The fourth-order valence-electron chi connectivity index (χ4n) is 2.68. The number of amides is 1. The van der Waals surface area contributed by atoms with Crippen molar-refractivity contribution in [3.8, 4) is 5.75 Å². The zero-order chi connectivity index (χ0) is 20.6. The van der Waals surface area contributed by atoms with Crippen molar-refractivity contribution in [2.45, 2.75) is 17.9 Å². The molecule has 1 amide bonds. The SMILES string of the molecule is C=CCONC=O.COc1ccc(S(=O)(=O)N2CCc3c(ncn3C)C2)cc1. The van der Waals surface area contributed by atoms with Crippen molar-refractivity contribution in [2.24, 2.45) is 7.05 Å². The number of aryl methyl sites for hydroxylation is 1. The maximum Gasteiger partial charge on any atom is 0.243 e. The van der Waals surface area contributed by atoms with E-state index in [2.05, 4.69) is 16.4 Å². The number of fused-ring (bicyclic) bond motifs is 1. The molecule has 2 heterocycles. The molecule has 0 saturated carbocycles. The van der Waals surface area contributed by atoms with Gasteiger partial charge in [0.25, 0.3) is 0 Å². The third-order valence-corrected chi connectivity index (χ3v) is 5.96. The Morgan fingerprint density at radius 1 is 1.32 bits per heavy atom. The number of sulfonamides is 1. The highest BCUT2D eigenvalue weighted by molar-refractivity contribution is 7.89. The van der Waals surface area contributed by atoms with Crippen LogP contribution in [-0.4, -0.2) is 48.9 Å². The molecule has 1 N–H and O–H groups in total. The lowest BCUT2D eigenvalue weighted by atomic mass is 10.2. The van der Waals surface area contributed by atoms with Gasteiger partial charge >= 0.3 is 0 Å². The van der Waals surface area contributed by atoms with Gasteiger partial charge in [-0.05, 0) is 24.3 Å². The maximum atomic E-state index is 12.7. The summed E-state index contributed by atoms with van der Waals surface area (Å²) in [6.45, 7) is 4.49. The Morgan fingerprint density at radius 2 is 2.04 bits per heavy atom. The molecule has 0 radical (unpaired) electrons. The van der Waals surface area contributed by atoms with Crippen LogP contribution in [0.3, 0.4) is 0 Å². The second-order valence-corrected chi connectivity index (χ2v) is 7.79. The summed E-state index contributed by atoms with van der Waals surface area (Å²) in [6, 6.07) is 6.45. The second-order valence-electron chi connectivity index (χ2n) is 5.85. The van der Waals surface area contributed by atoms with Crippen LogP contribution < -0.4 is 10.2 Å². The van der Waals surface area contributed by atoms with Crippen LogP contribution in [0.1, 0.15) is 11.4 Å². The van der Waals surface area contributed by atoms with Crippen LogP contribution in [0.15, 0.2) is 48.1 Å². The molecular weight excluding hydrogens is 384 g/mol. The number of carbonyl (C=O) groups excluding carboxylic acids is 1. The first-order valence-corrected chi connectivity index (χ1v) is 9.93. The third-order valence-electron chi connectivity index (χ3n) is 4.10. The lowest BCUT2D eigenvalue weighted by Crippen LogP contribution is -2.36. The van der Waals surface area contributed by atoms with Gasteiger partial charge in [-0.2, -0.15) is 4.31 Å². The zero-order valence-electron chi connectivity index (χ0n) is 15.9. The van der Waals surface area contributed by atoms with Gasteiger partial charge in [-0.3, -0.25) is 9.63 Å². The molecule has 28 heavy (non-hydrogen) atoms. The Balaban J connectivity index is 0.000000345. The van der Waals surface area contributed by atoms with Crippen LogP contribution in [-0.2, 0) is 39.7 Å². The van der Waals surface area contributed by atoms with Crippen LogP contribution >= 0.6 is 0 Å². The van der Waals surface area contributed by atoms with E-state index in [1.165, 1.54) is 10.4 Å². The van der Waals surface area contributed by atoms with E-state index < -0.39 is 10.0 Å². The topological polar surface area (TPSA) is 103 Å². The van der Waals surface area contributed by atoms with Crippen molar-refractivity contribution < 1.29 is 22.8 Å². The van der Waals surface area contributed by atoms with Crippen LogP contribution in [0.25, 0.3) is 0 Å². The largest absolute Gasteiger partial charge is 0.497 e. The minimum Gasteiger partial charge on any atom is -0.497 e. The molecule has 0 aliphatic carbocycles. The first kappa shape index (κ1) is 21.6. The summed E-state index contributed by atoms with van der Waals surface area (Å²) in [5.41, 5.74) is 3.94. The van der Waals surface area contributed by atoms with Crippen LogP contribution in [0.5, 0.6) is 5.75 Å². The van der Waals surface area contributed by atoms with Crippen LogP contribution in [0.4, 0.5) is 0 Å². The summed E-state index contributed by atoms with van der Waals surface area (Å²) in [4.78, 5) is 18.4. The Hall–Kier alpha value is -2.69. The Morgan fingerprint density at radius 3 is 2.64 bits per heavy atom. The van der Waals surface area contributed by atoms with E-state index in [1.54, 1.807) is 37.7 Å². The summed E-state index contributed by atoms with van der Waals surface area (Å²) in [6.07, 6.45) is 4.41. The number of nitrogens with one attached hydrogen (secondary N) is 1.